The molecule has 0 aliphatic heterocycles. The second-order valence-electron chi connectivity index (χ2n) is 3.82. The molecule has 0 rings (SSSR count). The molecule has 0 bridgehead atoms. The number of aliphatic hydroxyl groups excluding tert-OH is 1. The standard InChI is InChI=1S/C11H24O/c1-4-6-7-8-11(9-12)10(3)5-2/h10-12H,4-9H2,1-3H3. The minimum atomic E-state index is 0.374. The average Bonchev–Trinajstić information content (AvgIpc) is 2.11. The Morgan fingerprint density at radius 2 is 1.83 bits per heavy atom. The van der Waals surface area contributed by atoms with Gasteiger partial charge in [-0.15, -0.1) is 0 Å². The molecule has 0 spiro atoms. The summed E-state index contributed by atoms with van der Waals surface area (Å²) in [6.45, 7) is 7.04. The van der Waals surface area contributed by atoms with Crippen LogP contribution in [0.3, 0.4) is 0 Å². The van der Waals surface area contributed by atoms with E-state index >= 15 is 0 Å². The summed E-state index contributed by atoms with van der Waals surface area (Å²) in [5.41, 5.74) is 0. The van der Waals surface area contributed by atoms with Gasteiger partial charge in [-0.25, -0.2) is 0 Å². The summed E-state index contributed by atoms with van der Waals surface area (Å²) in [7, 11) is 0. The van der Waals surface area contributed by atoms with Crippen molar-refractivity contribution < 1.29 is 5.11 Å². The van der Waals surface area contributed by atoms with E-state index in [9.17, 15) is 0 Å². The van der Waals surface area contributed by atoms with Crippen molar-refractivity contribution >= 4 is 0 Å². The first-order chi connectivity index (χ1) is 5.76. The zero-order valence-electron chi connectivity index (χ0n) is 8.84. The van der Waals surface area contributed by atoms with Crippen molar-refractivity contribution in [2.45, 2.75) is 52.9 Å². The summed E-state index contributed by atoms with van der Waals surface area (Å²) >= 11 is 0. The molecule has 0 aliphatic carbocycles. The van der Waals surface area contributed by atoms with Gasteiger partial charge in [0.25, 0.3) is 0 Å². The van der Waals surface area contributed by atoms with E-state index in [1.165, 1.54) is 32.1 Å². The largest absolute Gasteiger partial charge is 0.396 e. The number of hydrogen-bond acceptors (Lipinski definition) is 1. The van der Waals surface area contributed by atoms with Crippen molar-refractivity contribution in [3.8, 4) is 0 Å². The number of aliphatic hydroxyl groups is 1. The Labute approximate surface area is 77.2 Å². The van der Waals surface area contributed by atoms with Crippen molar-refractivity contribution in [3.63, 3.8) is 0 Å². The van der Waals surface area contributed by atoms with Crippen LogP contribution in [0.4, 0.5) is 0 Å². The highest BCUT2D eigenvalue weighted by Gasteiger charge is 2.13. The molecular weight excluding hydrogens is 148 g/mol. The predicted octanol–water partition coefficient (Wildman–Crippen LogP) is 3.22. The second kappa shape index (κ2) is 7.60. The van der Waals surface area contributed by atoms with Crippen LogP contribution in [0.5, 0.6) is 0 Å². The van der Waals surface area contributed by atoms with Crippen molar-refractivity contribution in [3.05, 3.63) is 0 Å². The molecule has 74 valence electrons. The highest BCUT2D eigenvalue weighted by atomic mass is 16.3. The van der Waals surface area contributed by atoms with E-state index < -0.39 is 0 Å². The van der Waals surface area contributed by atoms with Gasteiger partial charge in [0.15, 0.2) is 0 Å². The molecular formula is C11H24O. The third-order valence-electron chi connectivity index (χ3n) is 2.86. The fourth-order valence-corrected chi connectivity index (χ4v) is 1.55. The first kappa shape index (κ1) is 12.0. The average molecular weight is 172 g/mol. The molecule has 2 atom stereocenters. The summed E-state index contributed by atoms with van der Waals surface area (Å²) < 4.78 is 0. The van der Waals surface area contributed by atoms with Crippen molar-refractivity contribution in [1.82, 2.24) is 0 Å². The molecule has 0 aromatic heterocycles. The van der Waals surface area contributed by atoms with Gasteiger partial charge in [-0.3, -0.25) is 0 Å². The van der Waals surface area contributed by atoms with Crippen LogP contribution < -0.4 is 0 Å². The smallest absolute Gasteiger partial charge is 0.0461 e. The monoisotopic (exact) mass is 172 g/mol. The topological polar surface area (TPSA) is 20.2 Å². The molecule has 0 aromatic carbocycles. The minimum Gasteiger partial charge on any atom is -0.396 e. The van der Waals surface area contributed by atoms with E-state index in [-0.39, 0.29) is 0 Å². The molecule has 1 heteroatoms. The molecule has 0 aromatic rings. The Hall–Kier alpha value is -0.0400. The van der Waals surface area contributed by atoms with Gasteiger partial charge in [-0.1, -0.05) is 46.5 Å². The van der Waals surface area contributed by atoms with Gasteiger partial charge in [0.05, 0.1) is 0 Å². The summed E-state index contributed by atoms with van der Waals surface area (Å²) in [5.74, 6) is 1.23. The Balaban J connectivity index is 3.52. The third-order valence-corrected chi connectivity index (χ3v) is 2.86. The summed E-state index contributed by atoms with van der Waals surface area (Å²) in [5, 5.41) is 9.13. The summed E-state index contributed by atoms with van der Waals surface area (Å²) in [6.07, 6.45) is 6.27. The Morgan fingerprint density at radius 3 is 2.25 bits per heavy atom. The maximum absolute atomic E-state index is 9.13. The van der Waals surface area contributed by atoms with E-state index in [0.717, 1.165) is 0 Å². The van der Waals surface area contributed by atoms with Gasteiger partial charge in [0.1, 0.15) is 0 Å². The maximum Gasteiger partial charge on any atom is 0.0461 e. The SMILES string of the molecule is CCCCCC(CO)C(C)CC. The lowest BCUT2D eigenvalue weighted by Crippen LogP contribution is -2.15. The van der Waals surface area contributed by atoms with Crippen LogP contribution in [0.25, 0.3) is 0 Å². The molecule has 0 heterocycles. The Kier molecular flexibility index (Phi) is 7.58. The Bertz CT molecular complexity index is 91.0. The fraction of sp³-hybridized carbons (Fsp3) is 1.00. The fourth-order valence-electron chi connectivity index (χ4n) is 1.55. The van der Waals surface area contributed by atoms with E-state index in [1.54, 1.807) is 0 Å². The van der Waals surface area contributed by atoms with Gasteiger partial charge >= 0.3 is 0 Å². The van der Waals surface area contributed by atoms with Gasteiger partial charge in [-0.2, -0.15) is 0 Å². The van der Waals surface area contributed by atoms with Gasteiger partial charge in [0.2, 0.25) is 0 Å². The maximum atomic E-state index is 9.13. The van der Waals surface area contributed by atoms with E-state index in [0.29, 0.717) is 18.4 Å². The highest BCUT2D eigenvalue weighted by Crippen LogP contribution is 2.20. The van der Waals surface area contributed by atoms with Crippen LogP contribution in [-0.2, 0) is 0 Å². The van der Waals surface area contributed by atoms with Gasteiger partial charge in [0, 0.05) is 6.61 Å². The molecule has 12 heavy (non-hydrogen) atoms. The molecule has 0 saturated heterocycles. The van der Waals surface area contributed by atoms with Crippen LogP contribution in [0.1, 0.15) is 52.9 Å². The summed E-state index contributed by atoms with van der Waals surface area (Å²) in [6, 6.07) is 0. The normalized spacial score (nSPS) is 16.0. The predicted molar refractivity (Wildman–Crippen MR) is 54.2 cm³/mol. The first-order valence-electron chi connectivity index (χ1n) is 5.37. The summed E-state index contributed by atoms with van der Waals surface area (Å²) in [4.78, 5) is 0. The minimum absolute atomic E-state index is 0.374. The molecule has 2 unspecified atom stereocenters. The highest BCUT2D eigenvalue weighted by molar-refractivity contribution is 4.64. The lowest BCUT2D eigenvalue weighted by Gasteiger charge is -2.20. The van der Waals surface area contributed by atoms with Crippen LogP contribution in [0.2, 0.25) is 0 Å². The molecule has 0 fully saturated rings. The van der Waals surface area contributed by atoms with Crippen molar-refractivity contribution in [2.75, 3.05) is 6.61 Å². The molecule has 0 amide bonds. The number of rotatable bonds is 7. The van der Waals surface area contributed by atoms with Crippen LogP contribution in [0, 0.1) is 11.8 Å². The third kappa shape index (κ3) is 4.76. The zero-order valence-corrected chi connectivity index (χ0v) is 8.84. The van der Waals surface area contributed by atoms with Crippen molar-refractivity contribution in [1.29, 1.82) is 0 Å². The van der Waals surface area contributed by atoms with Gasteiger partial charge in [-0.05, 0) is 18.3 Å². The van der Waals surface area contributed by atoms with Crippen LogP contribution >= 0.6 is 0 Å². The number of hydrogen-bond donors (Lipinski definition) is 1. The zero-order chi connectivity index (χ0) is 9.40. The lowest BCUT2D eigenvalue weighted by atomic mass is 9.88. The van der Waals surface area contributed by atoms with Crippen LogP contribution in [0.15, 0.2) is 0 Å². The second-order valence-corrected chi connectivity index (χ2v) is 3.82. The quantitative estimate of drug-likeness (QED) is 0.585. The van der Waals surface area contributed by atoms with E-state index in [1.807, 2.05) is 0 Å². The Morgan fingerprint density at radius 1 is 1.17 bits per heavy atom. The van der Waals surface area contributed by atoms with E-state index in [2.05, 4.69) is 20.8 Å². The molecule has 0 radical (unpaired) electrons. The molecule has 1 N–H and O–H groups in total. The van der Waals surface area contributed by atoms with E-state index in [4.69, 9.17) is 5.11 Å². The molecule has 0 aliphatic rings. The molecule has 1 nitrogen and oxygen atoms in total. The van der Waals surface area contributed by atoms with Crippen LogP contribution in [-0.4, -0.2) is 11.7 Å². The molecule has 0 saturated carbocycles. The first-order valence-corrected chi connectivity index (χ1v) is 5.37. The lowest BCUT2D eigenvalue weighted by molar-refractivity contribution is 0.168. The number of unbranched alkanes of at least 4 members (excludes halogenated alkanes) is 2. The van der Waals surface area contributed by atoms with Crippen molar-refractivity contribution in [2.24, 2.45) is 11.8 Å². The van der Waals surface area contributed by atoms with Gasteiger partial charge < -0.3 is 5.11 Å².